The Morgan fingerprint density at radius 2 is 2.24 bits per heavy atom. The fourth-order valence-corrected chi connectivity index (χ4v) is 1.44. The van der Waals surface area contributed by atoms with Gasteiger partial charge in [-0.1, -0.05) is 19.9 Å². The van der Waals surface area contributed by atoms with Gasteiger partial charge in [-0.15, -0.1) is 0 Å². The Kier molecular flexibility index (Phi) is 4.82. The molecule has 0 spiro atoms. The first-order valence-electron chi connectivity index (χ1n) is 5.78. The number of methoxy groups -OCH3 is 1. The van der Waals surface area contributed by atoms with Crippen LogP contribution < -0.4 is 15.8 Å². The van der Waals surface area contributed by atoms with Crippen LogP contribution in [0.1, 0.15) is 25.8 Å². The topological polar surface area (TPSA) is 64.3 Å². The van der Waals surface area contributed by atoms with Crippen molar-refractivity contribution in [1.29, 1.82) is 0 Å². The second-order valence-corrected chi connectivity index (χ2v) is 4.10. The van der Waals surface area contributed by atoms with Crippen LogP contribution in [0.2, 0.25) is 0 Å². The summed E-state index contributed by atoms with van der Waals surface area (Å²) in [5, 5.41) is 2.88. The molecule has 0 saturated carbocycles. The van der Waals surface area contributed by atoms with Crippen LogP contribution in [0.4, 0.5) is 5.69 Å². The molecule has 0 aliphatic heterocycles. The van der Waals surface area contributed by atoms with Gasteiger partial charge in [-0.05, 0) is 24.1 Å². The van der Waals surface area contributed by atoms with Gasteiger partial charge in [0.25, 0.3) is 0 Å². The van der Waals surface area contributed by atoms with Gasteiger partial charge in [-0.3, -0.25) is 4.79 Å². The summed E-state index contributed by atoms with van der Waals surface area (Å²) in [6.07, 6.45) is 0.844. The van der Waals surface area contributed by atoms with E-state index < -0.39 is 0 Å². The van der Waals surface area contributed by atoms with Gasteiger partial charge in [-0.25, -0.2) is 0 Å². The van der Waals surface area contributed by atoms with Crippen LogP contribution in [0.15, 0.2) is 18.2 Å². The average Bonchev–Trinajstić information content (AvgIpc) is 2.35. The first kappa shape index (κ1) is 13.4. The Morgan fingerprint density at radius 3 is 2.76 bits per heavy atom. The molecule has 4 nitrogen and oxygen atoms in total. The monoisotopic (exact) mass is 236 g/mol. The molecular weight excluding hydrogens is 216 g/mol. The Labute approximate surface area is 102 Å². The SMILES string of the molecule is CCC(C)C(=O)NCc1ccc(OC)c(N)c1. The summed E-state index contributed by atoms with van der Waals surface area (Å²) in [7, 11) is 1.58. The van der Waals surface area contributed by atoms with Crippen molar-refractivity contribution in [2.24, 2.45) is 5.92 Å². The average molecular weight is 236 g/mol. The molecule has 4 heteroatoms. The summed E-state index contributed by atoms with van der Waals surface area (Å²) in [4.78, 5) is 11.6. The fourth-order valence-electron chi connectivity index (χ4n) is 1.44. The van der Waals surface area contributed by atoms with Gasteiger partial charge in [0.2, 0.25) is 5.91 Å². The van der Waals surface area contributed by atoms with Crippen molar-refractivity contribution in [3.05, 3.63) is 23.8 Å². The molecular formula is C13H20N2O2. The summed E-state index contributed by atoms with van der Waals surface area (Å²) in [6.45, 7) is 4.41. The molecule has 94 valence electrons. The summed E-state index contributed by atoms with van der Waals surface area (Å²) in [5.41, 5.74) is 7.34. The molecule has 0 aliphatic carbocycles. The number of nitrogens with one attached hydrogen (secondary N) is 1. The first-order chi connectivity index (χ1) is 8.08. The summed E-state index contributed by atoms with van der Waals surface area (Å²) >= 11 is 0. The zero-order chi connectivity index (χ0) is 12.8. The van der Waals surface area contributed by atoms with Gasteiger partial charge in [0.05, 0.1) is 12.8 Å². The van der Waals surface area contributed by atoms with E-state index in [1.807, 2.05) is 26.0 Å². The Bertz CT molecular complexity index is 391. The molecule has 1 aromatic carbocycles. The summed E-state index contributed by atoms with van der Waals surface area (Å²) < 4.78 is 5.07. The molecule has 1 atom stereocenters. The van der Waals surface area contributed by atoms with Crippen molar-refractivity contribution < 1.29 is 9.53 Å². The number of amides is 1. The lowest BCUT2D eigenvalue weighted by Crippen LogP contribution is -2.28. The third-order valence-corrected chi connectivity index (χ3v) is 2.82. The Hall–Kier alpha value is -1.71. The molecule has 0 aliphatic rings. The van der Waals surface area contributed by atoms with Crippen molar-refractivity contribution in [3.8, 4) is 5.75 Å². The summed E-state index contributed by atoms with van der Waals surface area (Å²) in [6, 6.07) is 5.52. The van der Waals surface area contributed by atoms with E-state index >= 15 is 0 Å². The third-order valence-electron chi connectivity index (χ3n) is 2.82. The molecule has 3 N–H and O–H groups in total. The highest BCUT2D eigenvalue weighted by Gasteiger charge is 2.09. The molecule has 17 heavy (non-hydrogen) atoms. The number of hydrogen-bond donors (Lipinski definition) is 2. The smallest absolute Gasteiger partial charge is 0.223 e. The lowest BCUT2D eigenvalue weighted by molar-refractivity contribution is -0.124. The zero-order valence-electron chi connectivity index (χ0n) is 10.6. The summed E-state index contributed by atoms with van der Waals surface area (Å²) in [5.74, 6) is 0.773. The van der Waals surface area contributed by atoms with E-state index in [0.717, 1.165) is 12.0 Å². The third kappa shape index (κ3) is 3.66. The Morgan fingerprint density at radius 1 is 1.53 bits per heavy atom. The predicted molar refractivity (Wildman–Crippen MR) is 68.7 cm³/mol. The zero-order valence-corrected chi connectivity index (χ0v) is 10.6. The highest BCUT2D eigenvalue weighted by Crippen LogP contribution is 2.21. The number of nitrogens with two attached hydrogens (primary N) is 1. The van der Waals surface area contributed by atoms with Crippen molar-refractivity contribution in [1.82, 2.24) is 5.32 Å². The van der Waals surface area contributed by atoms with Gasteiger partial charge >= 0.3 is 0 Å². The second kappa shape index (κ2) is 6.13. The standard InChI is InChI=1S/C13H20N2O2/c1-4-9(2)13(16)15-8-10-5-6-12(17-3)11(14)7-10/h5-7,9H,4,8,14H2,1-3H3,(H,15,16). The number of rotatable bonds is 5. The molecule has 0 bridgehead atoms. The lowest BCUT2D eigenvalue weighted by Gasteiger charge is -2.11. The number of carbonyl (C=O) groups excluding carboxylic acids is 1. The number of anilines is 1. The highest BCUT2D eigenvalue weighted by atomic mass is 16.5. The van der Waals surface area contributed by atoms with Gasteiger partial charge in [-0.2, -0.15) is 0 Å². The number of nitrogen functional groups attached to an aromatic ring is 1. The molecule has 0 heterocycles. The largest absolute Gasteiger partial charge is 0.495 e. The van der Waals surface area contributed by atoms with Crippen LogP contribution in [0.5, 0.6) is 5.75 Å². The molecule has 1 aromatic rings. The number of hydrogen-bond acceptors (Lipinski definition) is 3. The minimum atomic E-state index is 0.0468. The maximum absolute atomic E-state index is 11.6. The van der Waals surface area contributed by atoms with Crippen LogP contribution in [0.25, 0.3) is 0 Å². The van der Waals surface area contributed by atoms with E-state index in [0.29, 0.717) is 18.0 Å². The number of carbonyl (C=O) groups is 1. The fraction of sp³-hybridized carbons (Fsp3) is 0.462. The molecule has 1 rings (SSSR count). The lowest BCUT2D eigenvalue weighted by atomic mass is 10.1. The Balaban J connectivity index is 2.58. The molecule has 1 unspecified atom stereocenters. The predicted octanol–water partition coefficient (Wildman–Crippen LogP) is 1.94. The quantitative estimate of drug-likeness (QED) is 0.768. The molecule has 0 saturated heterocycles. The van der Waals surface area contributed by atoms with Crippen LogP contribution in [0, 0.1) is 5.92 Å². The molecule has 0 radical (unpaired) electrons. The van der Waals surface area contributed by atoms with Crippen molar-refractivity contribution in [2.75, 3.05) is 12.8 Å². The number of benzene rings is 1. The highest BCUT2D eigenvalue weighted by molar-refractivity contribution is 5.78. The first-order valence-corrected chi connectivity index (χ1v) is 5.78. The van der Waals surface area contributed by atoms with E-state index in [1.165, 1.54) is 0 Å². The molecule has 0 fully saturated rings. The van der Waals surface area contributed by atoms with Gasteiger partial charge in [0, 0.05) is 12.5 Å². The van der Waals surface area contributed by atoms with E-state index in [2.05, 4.69) is 5.32 Å². The van der Waals surface area contributed by atoms with E-state index in [1.54, 1.807) is 13.2 Å². The normalized spacial score (nSPS) is 11.9. The van der Waals surface area contributed by atoms with Gasteiger partial charge in [0.1, 0.15) is 5.75 Å². The van der Waals surface area contributed by atoms with Gasteiger partial charge in [0.15, 0.2) is 0 Å². The van der Waals surface area contributed by atoms with Crippen LogP contribution in [-0.4, -0.2) is 13.0 Å². The van der Waals surface area contributed by atoms with Crippen molar-refractivity contribution >= 4 is 11.6 Å². The second-order valence-electron chi connectivity index (χ2n) is 4.10. The van der Waals surface area contributed by atoms with Gasteiger partial charge < -0.3 is 15.8 Å². The van der Waals surface area contributed by atoms with E-state index in [4.69, 9.17) is 10.5 Å². The van der Waals surface area contributed by atoms with E-state index in [9.17, 15) is 4.79 Å². The minimum absolute atomic E-state index is 0.0468. The maximum Gasteiger partial charge on any atom is 0.223 e. The van der Waals surface area contributed by atoms with Crippen LogP contribution >= 0.6 is 0 Å². The minimum Gasteiger partial charge on any atom is -0.495 e. The maximum atomic E-state index is 11.6. The molecule has 0 aromatic heterocycles. The van der Waals surface area contributed by atoms with E-state index in [-0.39, 0.29) is 11.8 Å². The molecule has 1 amide bonds. The van der Waals surface area contributed by atoms with Crippen molar-refractivity contribution in [2.45, 2.75) is 26.8 Å². The number of ether oxygens (including phenoxy) is 1. The van der Waals surface area contributed by atoms with Crippen LogP contribution in [-0.2, 0) is 11.3 Å². The van der Waals surface area contributed by atoms with Crippen molar-refractivity contribution in [3.63, 3.8) is 0 Å². The van der Waals surface area contributed by atoms with Crippen LogP contribution in [0.3, 0.4) is 0 Å².